The normalized spacial score (nSPS) is 12.5. The van der Waals surface area contributed by atoms with E-state index >= 15 is 0 Å². The Morgan fingerprint density at radius 2 is 1.25 bits per heavy atom. The Hall–Kier alpha value is -9.20. The largest absolute Gasteiger partial charge is 0.480 e. The van der Waals surface area contributed by atoms with Gasteiger partial charge in [-0.2, -0.15) is 0 Å². The molecule has 0 saturated carbocycles. The molecule has 1 atom stereocenters. The summed E-state index contributed by atoms with van der Waals surface area (Å²) in [7, 11) is 0. The van der Waals surface area contributed by atoms with Gasteiger partial charge in [0.25, 0.3) is 0 Å². The van der Waals surface area contributed by atoms with Crippen LogP contribution in [0.2, 0.25) is 0 Å². The van der Waals surface area contributed by atoms with Crippen LogP contribution in [0.3, 0.4) is 0 Å². The van der Waals surface area contributed by atoms with Gasteiger partial charge in [-0.1, -0.05) is 72.5 Å². The third-order valence-electron chi connectivity index (χ3n) is 10.3. The second kappa shape index (κ2) is 17.1. The number of aromatic nitrogens is 1. The Kier molecular flexibility index (Phi) is 10.8. The number of carbonyl (C=O) groups excluding carboxylic acids is 1. The van der Waals surface area contributed by atoms with Crippen molar-refractivity contribution >= 4 is 5.78 Å². The molecule has 8 rings (SSSR count). The lowest BCUT2D eigenvalue weighted by Gasteiger charge is -2.31. The van der Waals surface area contributed by atoms with E-state index in [1.165, 1.54) is 0 Å². The molecular weight excluding hydrogens is 751 g/mol. The fourth-order valence-corrected chi connectivity index (χ4v) is 7.94. The van der Waals surface area contributed by atoms with E-state index in [0.717, 1.165) is 66.9 Å². The molecular formula is C56H29NO4. The molecule has 1 unspecified atom stereocenters. The Morgan fingerprint density at radius 1 is 0.590 bits per heavy atom. The molecule has 1 aromatic heterocycles. The molecule has 0 saturated heterocycles. The van der Waals surface area contributed by atoms with Crippen LogP contribution in [0.4, 0.5) is 0 Å². The minimum atomic E-state index is -0.952. The van der Waals surface area contributed by atoms with Crippen LogP contribution >= 0.6 is 0 Å². The number of hydrogen-bond acceptors (Lipinski definition) is 5. The summed E-state index contributed by atoms with van der Waals surface area (Å²) in [6.45, 7) is 3.30. The summed E-state index contributed by atoms with van der Waals surface area (Å²) in [5.41, 5.74) is 10.5. The average molecular weight is 780 g/mol. The van der Waals surface area contributed by atoms with Gasteiger partial charge in [0, 0.05) is 23.6 Å². The second-order valence-corrected chi connectivity index (χ2v) is 13.5. The number of benzene rings is 5. The summed E-state index contributed by atoms with van der Waals surface area (Å²) in [5, 5.41) is 0. The smallest absolute Gasteiger partial charge is 0.240 e. The molecule has 0 amide bonds. The van der Waals surface area contributed by atoms with E-state index in [4.69, 9.17) is 27.1 Å². The maximum Gasteiger partial charge on any atom is 0.240 e. The van der Waals surface area contributed by atoms with Crippen LogP contribution in [0.15, 0.2) is 115 Å². The second-order valence-electron chi connectivity index (χ2n) is 13.5. The van der Waals surface area contributed by atoms with E-state index < -0.39 is 11.2 Å². The molecule has 0 bridgehead atoms. The standard InChI is InChI=1S/C56H29NO4/c1-5-9-17-30-59-53-37-49-44(35-46(53)52(58)26-12-8-4)45-36-54(60-31-18-10-6-2)55(61-32-19-11-7-3)38-50(45)56(49)47-24-14-13-23-42(47)43-34-40(27-28-48(43)56)39-21-20-22-41(33-39)51-25-15-16-29-57-51/h1,4,13-16,20-25,27-29,33-38H,30H2,2-3H3. The fraction of sp³-hybridized carbons (Fsp3) is 0.0714. The van der Waals surface area contributed by atoms with Crippen molar-refractivity contribution < 1.29 is 19.0 Å². The molecule has 0 radical (unpaired) electrons. The van der Waals surface area contributed by atoms with Gasteiger partial charge in [0.2, 0.25) is 5.78 Å². The number of hydrogen-bond donors (Lipinski definition) is 0. The first-order chi connectivity index (χ1) is 30.0. The SMILES string of the molecule is C#CC#CCOc1cc2c(cc1C(=O)C#CC#C)-c1cc(OC#CC#CC)c(OC#CC#CC)cc1C21c2ccccc2-c2cc(-c3cccc(-c4ccccn4)c3)ccc21. The first kappa shape index (κ1) is 38.7. The lowest BCUT2D eigenvalue weighted by atomic mass is 9.70. The third kappa shape index (κ3) is 7.07. The maximum atomic E-state index is 13.8. The van der Waals surface area contributed by atoms with Crippen molar-refractivity contribution in [2.75, 3.05) is 6.61 Å². The maximum absolute atomic E-state index is 13.8. The number of carbonyl (C=O) groups is 1. The zero-order valence-corrected chi connectivity index (χ0v) is 32.9. The van der Waals surface area contributed by atoms with E-state index in [0.29, 0.717) is 5.75 Å². The molecule has 0 N–H and O–H groups in total. The van der Waals surface area contributed by atoms with Crippen LogP contribution in [0.25, 0.3) is 44.6 Å². The molecule has 61 heavy (non-hydrogen) atoms. The number of ketones is 1. The molecule has 0 fully saturated rings. The fourth-order valence-electron chi connectivity index (χ4n) is 7.94. The molecule has 2 aliphatic carbocycles. The summed E-state index contributed by atoms with van der Waals surface area (Å²) in [5.74, 6) is 31.6. The number of fused-ring (bicyclic) bond motifs is 10. The van der Waals surface area contributed by atoms with Crippen LogP contribution < -0.4 is 14.2 Å². The van der Waals surface area contributed by atoms with E-state index in [9.17, 15) is 4.79 Å². The molecule has 5 heteroatoms. The van der Waals surface area contributed by atoms with E-state index in [1.807, 2.05) is 54.6 Å². The molecule has 282 valence electrons. The highest BCUT2D eigenvalue weighted by Gasteiger charge is 2.53. The van der Waals surface area contributed by atoms with Crippen molar-refractivity contribution in [2.45, 2.75) is 19.3 Å². The van der Waals surface area contributed by atoms with Crippen molar-refractivity contribution in [3.05, 3.63) is 143 Å². The van der Waals surface area contributed by atoms with Crippen LogP contribution in [0, 0.1) is 96.1 Å². The Labute approximate surface area is 355 Å². The zero-order chi connectivity index (χ0) is 42.2. The van der Waals surface area contributed by atoms with Gasteiger partial charge in [-0.25, -0.2) is 0 Å². The van der Waals surface area contributed by atoms with Gasteiger partial charge < -0.3 is 14.2 Å². The summed E-state index contributed by atoms with van der Waals surface area (Å²) in [4.78, 5) is 18.4. The number of pyridine rings is 1. The molecule has 1 spiro atoms. The van der Waals surface area contributed by atoms with Gasteiger partial charge in [0.1, 0.15) is 24.6 Å². The van der Waals surface area contributed by atoms with Crippen molar-refractivity contribution in [1.82, 2.24) is 4.98 Å². The van der Waals surface area contributed by atoms with Gasteiger partial charge in [0.15, 0.2) is 11.5 Å². The van der Waals surface area contributed by atoms with Gasteiger partial charge in [-0.3, -0.25) is 9.78 Å². The van der Waals surface area contributed by atoms with Crippen LogP contribution in [-0.4, -0.2) is 17.4 Å². The summed E-state index contributed by atoms with van der Waals surface area (Å²) in [6.07, 6.45) is 18.0. The number of nitrogens with zero attached hydrogens (tertiary/aromatic N) is 1. The number of rotatable bonds is 7. The van der Waals surface area contributed by atoms with E-state index in [-0.39, 0.29) is 23.7 Å². The van der Waals surface area contributed by atoms with E-state index in [1.54, 1.807) is 26.1 Å². The Bertz CT molecular complexity index is 3310. The highest BCUT2D eigenvalue weighted by atomic mass is 16.5. The van der Waals surface area contributed by atoms with Gasteiger partial charge in [-0.05, 0) is 165 Å². The van der Waals surface area contributed by atoms with Crippen LogP contribution in [0.5, 0.6) is 17.2 Å². The highest BCUT2D eigenvalue weighted by Crippen LogP contribution is 2.65. The molecule has 6 aromatic rings. The minimum absolute atomic E-state index is 0.0749. The van der Waals surface area contributed by atoms with Crippen LogP contribution in [-0.2, 0) is 5.41 Å². The molecule has 5 aromatic carbocycles. The molecule has 5 nitrogen and oxygen atoms in total. The Balaban J connectivity index is 1.43. The summed E-state index contributed by atoms with van der Waals surface area (Å²) >= 11 is 0. The number of ether oxygens (including phenoxy) is 3. The predicted molar refractivity (Wildman–Crippen MR) is 238 cm³/mol. The van der Waals surface area contributed by atoms with Crippen LogP contribution in [0.1, 0.15) is 46.5 Å². The average Bonchev–Trinajstić information content (AvgIpc) is 3.75. The number of Topliss-reactive ketones (excluding diaryl/α,β-unsaturated/α-hetero) is 1. The van der Waals surface area contributed by atoms with Gasteiger partial charge in [0.05, 0.1) is 16.7 Å². The molecule has 1 heterocycles. The quantitative estimate of drug-likeness (QED) is 0.0918. The van der Waals surface area contributed by atoms with Crippen molar-refractivity contribution in [3.8, 4) is 158 Å². The van der Waals surface area contributed by atoms with Crippen molar-refractivity contribution in [1.29, 1.82) is 0 Å². The first-order valence-corrected chi connectivity index (χ1v) is 18.9. The monoisotopic (exact) mass is 779 g/mol. The number of terminal acetylenes is 2. The Morgan fingerprint density at radius 3 is 1.98 bits per heavy atom. The van der Waals surface area contributed by atoms with E-state index in [2.05, 4.69) is 137 Å². The third-order valence-corrected chi connectivity index (χ3v) is 10.3. The van der Waals surface area contributed by atoms with Gasteiger partial charge >= 0.3 is 0 Å². The lowest BCUT2D eigenvalue weighted by Crippen LogP contribution is -2.26. The molecule has 2 aliphatic rings. The highest BCUT2D eigenvalue weighted by molar-refractivity contribution is 6.12. The zero-order valence-electron chi connectivity index (χ0n) is 32.9. The topological polar surface area (TPSA) is 57.7 Å². The van der Waals surface area contributed by atoms with Gasteiger partial charge in [-0.15, -0.1) is 12.8 Å². The minimum Gasteiger partial charge on any atom is -0.480 e. The predicted octanol–water partition coefficient (Wildman–Crippen LogP) is 9.32. The summed E-state index contributed by atoms with van der Waals surface area (Å²) < 4.78 is 18.3. The molecule has 0 aliphatic heterocycles. The first-order valence-electron chi connectivity index (χ1n) is 18.9. The van der Waals surface area contributed by atoms with Crippen molar-refractivity contribution in [2.24, 2.45) is 0 Å². The summed E-state index contributed by atoms with van der Waals surface area (Å²) in [6, 6.07) is 36.5. The van der Waals surface area contributed by atoms with Crippen molar-refractivity contribution in [3.63, 3.8) is 0 Å². The lowest BCUT2D eigenvalue weighted by molar-refractivity contribution is 0.105.